The Morgan fingerprint density at radius 3 is 2.41 bits per heavy atom. The fourth-order valence-corrected chi connectivity index (χ4v) is 4.47. The Morgan fingerprint density at radius 1 is 1.06 bits per heavy atom. The summed E-state index contributed by atoms with van der Waals surface area (Å²) >= 11 is 12.2. The molecule has 0 bridgehead atoms. The lowest BCUT2D eigenvalue weighted by atomic mass is 10.0. The van der Waals surface area contributed by atoms with E-state index in [1.54, 1.807) is 55.1 Å². The van der Waals surface area contributed by atoms with Gasteiger partial charge in [0, 0.05) is 23.4 Å². The first-order valence-electron chi connectivity index (χ1n) is 11.1. The predicted molar refractivity (Wildman–Crippen MR) is 132 cm³/mol. The molecule has 7 nitrogen and oxygen atoms in total. The van der Waals surface area contributed by atoms with E-state index in [9.17, 15) is 14.4 Å². The molecule has 3 aromatic rings. The summed E-state index contributed by atoms with van der Waals surface area (Å²) in [6, 6.07) is 8.17. The molecule has 0 unspecified atom stereocenters. The quantitative estimate of drug-likeness (QED) is 0.408. The van der Waals surface area contributed by atoms with Crippen LogP contribution in [0.5, 0.6) is 0 Å². The number of imide groups is 1. The second-order valence-corrected chi connectivity index (χ2v) is 9.35. The molecule has 0 saturated carbocycles. The van der Waals surface area contributed by atoms with Crippen molar-refractivity contribution in [3.63, 3.8) is 0 Å². The number of rotatable bonds is 6. The molecule has 0 spiro atoms. The van der Waals surface area contributed by atoms with Crippen molar-refractivity contribution in [2.45, 2.75) is 46.6 Å². The van der Waals surface area contributed by atoms with Gasteiger partial charge >= 0.3 is 5.91 Å². The van der Waals surface area contributed by atoms with Gasteiger partial charge in [0.2, 0.25) is 0 Å². The number of carbonyl (C=O) groups is 2. The first kappa shape index (κ1) is 24.0. The molecule has 176 valence electrons. The molecule has 1 aromatic carbocycles. The molecule has 1 aliphatic heterocycles. The average molecular weight is 500 g/mol. The highest BCUT2D eigenvalue weighted by molar-refractivity contribution is 6.44. The van der Waals surface area contributed by atoms with Crippen LogP contribution in [0, 0.1) is 6.92 Å². The van der Waals surface area contributed by atoms with E-state index in [1.165, 1.54) is 9.58 Å². The van der Waals surface area contributed by atoms with Crippen molar-refractivity contribution in [3.05, 3.63) is 79.9 Å². The van der Waals surface area contributed by atoms with Crippen molar-refractivity contribution in [2.75, 3.05) is 0 Å². The number of H-pyrrole nitrogens is 1. The third kappa shape index (κ3) is 3.99. The van der Waals surface area contributed by atoms with Gasteiger partial charge in [-0.05, 0) is 51.5 Å². The lowest BCUT2D eigenvalue weighted by molar-refractivity contribution is -0.577. The molecule has 9 heteroatoms. The second-order valence-electron chi connectivity index (χ2n) is 8.54. The molecule has 2 aromatic heterocycles. The Labute approximate surface area is 207 Å². The Hall–Kier alpha value is -3.16. The number of aromatic amines is 1. The molecule has 0 radical (unpaired) electrons. The molecule has 0 fully saturated rings. The second kappa shape index (κ2) is 9.24. The van der Waals surface area contributed by atoms with Gasteiger partial charge < -0.3 is 0 Å². The Kier molecular flexibility index (Phi) is 6.51. The zero-order valence-electron chi connectivity index (χ0n) is 19.4. The highest BCUT2D eigenvalue weighted by atomic mass is 35.5. The van der Waals surface area contributed by atoms with Crippen LogP contribution in [0.15, 0.2) is 47.5 Å². The van der Waals surface area contributed by atoms with Gasteiger partial charge in [-0.15, -0.1) is 0 Å². The third-order valence-electron chi connectivity index (χ3n) is 5.69. The van der Waals surface area contributed by atoms with Crippen molar-refractivity contribution in [2.24, 2.45) is 0 Å². The van der Waals surface area contributed by atoms with Gasteiger partial charge in [0.05, 0.1) is 21.3 Å². The van der Waals surface area contributed by atoms with Gasteiger partial charge in [-0.3, -0.25) is 24.4 Å². The summed E-state index contributed by atoms with van der Waals surface area (Å²) in [6.45, 7) is 7.42. The number of benzene rings is 1. The van der Waals surface area contributed by atoms with Crippen LogP contribution in [0.1, 0.15) is 44.0 Å². The van der Waals surface area contributed by atoms with Gasteiger partial charge in [0.15, 0.2) is 12.4 Å². The minimum atomic E-state index is -0.487. The van der Waals surface area contributed by atoms with Gasteiger partial charge in [-0.25, -0.2) is 4.68 Å². The van der Waals surface area contributed by atoms with E-state index >= 15 is 0 Å². The Morgan fingerprint density at radius 2 is 1.79 bits per heavy atom. The zero-order valence-corrected chi connectivity index (χ0v) is 20.9. The molecule has 0 atom stereocenters. The smallest absolute Gasteiger partial charge is 0.294 e. The van der Waals surface area contributed by atoms with Crippen LogP contribution in [0.3, 0.4) is 0 Å². The number of aromatic nitrogens is 3. The lowest BCUT2D eigenvalue weighted by Gasteiger charge is -2.17. The highest BCUT2D eigenvalue weighted by Crippen LogP contribution is 2.32. The van der Waals surface area contributed by atoms with E-state index in [0.29, 0.717) is 27.8 Å². The van der Waals surface area contributed by atoms with Crippen LogP contribution in [-0.2, 0) is 16.0 Å². The number of aryl methyl sites for hydroxylation is 2. The van der Waals surface area contributed by atoms with Crippen molar-refractivity contribution in [3.8, 4) is 5.69 Å². The number of pyridine rings is 1. The molecule has 0 aliphatic carbocycles. The summed E-state index contributed by atoms with van der Waals surface area (Å²) < 4.78 is 2.96. The van der Waals surface area contributed by atoms with Crippen LogP contribution in [-0.4, -0.2) is 32.5 Å². The van der Waals surface area contributed by atoms with Crippen LogP contribution < -0.4 is 10.1 Å². The molecule has 0 saturated heterocycles. The molecular weight excluding hydrogens is 475 g/mol. The van der Waals surface area contributed by atoms with E-state index < -0.39 is 17.4 Å². The number of carbonyl (C=O) groups excluding carboxylic acids is 2. The van der Waals surface area contributed by atoms with Crippen molar-refractivity contribution in [1.82, 2.24) is 14.7 Å². The first-order valence-corrected chi connectivity index (χ1v) is 11.8. The molecule has 3 heterocycles. The number of hydrogen-bond acceptors (Lipinski definition) is 3. The summed E-state index contributed by atoms with van der Waals surface area (Å²) in [5.74, 6) is -0.923. The number of halogens is 2. The zero-order chi connectivity index (χ0) is 24.7. The third-order valence-corrected chi connectivity index (χ3v) is 6.43. The molecular formula is C25H25Cl2N4O3+. The monoisotopic (exact) mass is 499 g/mol. The topological polar surface area (TPSA) is 79.1 Å². The number of nitrogens with zero attached hydrogens (tertiary/aromatic N) is 3. The normalized spacial score (nSPS) is 14.1. The standard InChI is InChI=1S/C25H24Cl2N4O3/c1-5-7-19-20(24(33)31(28-19)16-9-10-17(26)18(27)12-16)21-22(29-11-6-8-15(4)13-29)25(34)30(14(2)3)23(21)32/h6,8-14H,5,7H2,1-4H3/p+1. The van der Waals surface area contributed by atoms with E-state index in [4.69, 9.17) is 23.2 Å². The predicted octanol–water partition coefficient (Wildman–Crippen LogP) is 4.17. The van der Waals surface area contributed by atoms with Gasteiger partial charge in [-0.2, -0.15) is 4.57 Å². The minimum Gasteiger partial charge on any atom is -0.294 e. The summed E-state index contributed by atoms with van der Waals surface area (Å²) in [4.78, 5) is 42.0. The fraction of sp³-hybridized carbons (Fsp3) is 0.280. The molecule has 2 amide bonds. The van der Waals surface area contributed by atoms with Crippen LogP contribution in [0.2, 0.25) is 10.0 Å². The van der Waals surface area contributed by atoms with E-state index in [0.717, 1.165) is 12.0 Å². The molecule has 34 heavy (non-hydrogen) atoms. The Bertz CT molecular complexity index is 1400. The van der Waals surface area contributed by atoms with Gasteiger partial charge in [-0.1, -0.05) is 36.5 Å². The maximum atomic E-state index is 13.8. The number of hydrogen-bond donors (Lipinski definition) is 1. The SMILES string of the molecule is CCCc1[nH]n(-c2ccc(Cl)c(Cl)c2)c(=O)c1C1=C([n+]2cccc(C)c2)C(=O)N(C(C)C)C1=O. The van der Waals surface area contributed by atoms with E-state index in [-0.39, 0.29) is 22.9 Å². The van der Waals surface area contributed by atoms with Crippen LogP contribution >= 0.6 is 23.2 Å². The van der Waals surface area contributed by atoms with Gasteiger partial charge in [0.1, 0.15) is 5.57 Å². The molecule has 1 aliphatic rings. The Balaban J connectivity index is 2.04. The summed E-state index contributed by atoms with van der Waals surface area (Å²) in [7, 11) is 0. The summed E-state index contributed by atoms with van der Waals surface area (Å²) in [5.41, 5.74) is 1.98. The highest BCUT2D eigenvalue weighted by Gasteiger charge is 2.48. The van der Waals surface area contributed by atoms with Gasteiger partial charge in [0.25, 0.3) is 17.2 Å². The largest absolute Gasteiger partial charge is 0.327 e. The van der Waals surface area contributed by atoms with Crippen molar-refractivity contribution in [1.29, 1.82) is 0 Å². The van der Waals surface area contributed by atoms with E-state index in [2.05, 4.69) is 5.10 Å². The van der Waals surface area contributed by atoms with Crippen LogP contribution in [0.4, 0.5) is 0 Å². The molecule has 1 N–H and O–H groups in total. The first-order chi connectivity index (χ1) is 16.1. The van der Waals surface area contributed by atoms with E-state index in [1.807, 2.05) is 19.9 Å². The fourth-order valence-electron chi connectivity index (χ4n) is 4.18. The summed E-state index contributed by atoms with van der Waals surface area (Å²) in [5, 5.41) is 3.79. The maximum Gasteiger partial charge on any atom is 0.327 e. The van der Waals surface area contributed by atoms with Crippen molar-refractivity contribution >= 4 is 46.3 Å². The maximum absolute atomic E-state index is 13.8. The average Bonchev–Trinajstić information content (AvgIpc) is 3.22. The number of amides is 2. The lowest BCUT2D eigenvalue weighted by Crippen LogP contribution is -2.42. The minimum absolute atomic E-state index is 0.0952. The molecule has 4 rings (SSSR count). The number of nitrogens with one attached hydrogen (secondary N) is 1. The summed E-state index contributed by atoms with van der Waals surface area (Å²) in [6.07, 6.45) is 4.72. The van der Waals surface area contributed by atoms with Crippen LogP contribution in [0.25, 0.3) is 17.0 Å². The van der Waals surface area contributed by atoms with Crippen molar-refractivity contribution < 1.29 is 14.2 Å².